The minimum atomic E-state index is -0.495. The number of carbonyl (C=O) groups is 1. The lowest BCUT2D eigenvalue weighted by atomic mass is 10.4. The van der Waals surface area contributed by atoms with Crippen LogP contribution in [0.4, 0.5) is 0 Å². The molecule has 1 aromatic heterocycles. The second kappa shape index (κ2) is 4.02. The Hall–Kier alpha value is -0.680. The van der Waals surface area contributed by atoms with Gasteiger partial charge < -0.3 is 4.74 Å². The van der Waals surface area contributed by atoms with Crippen molar-refractivity contribution >= 4 is 30.2 Å². The summed E-state index contributed by atoms with van der Waals surface area (Å²) in [6.45, 7) is 2.03. The number of rotatable bonds is 2. The van der Waals surface area contributed by atoms with Gasteiger partial charge in [0.15, 0.2) is 5.15 Å². The number of aryl methyl sites for hydroxylation is 1. The van der Waals surface area contributed by atoms with Crippen molar-refractivity contribution < 1.29 is 9.53 Å². The number of hydrogen-bond donors (Lipinski definition) is 1. The zero-order chi connectivity index (χ0) is 10.0. The summed E-state index contributed by atoms with van der Waals surface area (Å²) in [5.74, 6) is -0.495. The molecule has 0 fully saturated rings. The summed E-state index contributed by atoms with van der Waals surface area (Å²) in [4.78, 5) is 11.3. The van der Waals surface area contributed by atoms with E-state index in [4.69, 9.17) is 16.3 Å². The van der Waals surface area contributed by atoms with Gasteiger partial charge in [-0.25, -0.2) is 4.79 Å². The van der Waals surface area contributed by atoms with Crippen molar-refractivity contribution in [1.29, 1.82) is 0 Å². The molecule has 0 aromatic carbocycles. The number of esters is 1. The first-order chi connectivity index (χ1) is 6.07. The fourth-order valence-electron chi connectivity index (χ4n) is 0.862. The van der Waals surface area contributed by atoms with E-state index >= 15 is 0 Å². The predicted molar refractivity (Wildman–Crippen MR) is 51.4 cm³/mol. The number of halogens is 1. The van der Waals surface area contributed by atoms with Gasteiger partial charge in [-0.05, 0) is 6.92 Å². The maximum Gasteiger partial charge on any atom is 0.344 e. The Morgan fingerprint density at radius 1 is 1.77 bits per heavy atom. The van der Waals surface area contributed by atoms with Crippen LogP contribution in [0.25, 0.3) is 0 Å². The highest BCUT2D eigenvalue weighted by Crippen LogP contribution is 2.22. The van der Waals surface area contributed by atoms with Gasteiger partial charge in [0.05, 0.1) is 6.61 Å². The fraction of sp³-hybridized carbons (Fsp3) is 0.429. The number of aromatic nitrogens is 2. The second-order valence-electron chi connectivity index (χ2n) is 2.33. The van der Waals surface area contributed by atoms with E-state index in [1.54, 1.807) is 14.0 Å². The van der Waals surface area contributed by atoms with Gasteiger partial charge >= 0.3 is 5.97 Å². The molecule has 1 rings (SSSR count). The minimum Gasteiger partial charge on any atom is -0.462 e. The number of thiol groups is 1. The Labute approximate surface area is 86.2 Å². The Morgan fingerprint density at radius 3 is 2.77 bits per heavy atom. The third kappa shape index (κ3) is 1.97. The van der Waals surface area contributed by atoms with E-state index in [0.29, 0.717) is 11.6 Å². The van der Waals surface area contributed by atoms with Crippen LogP contribution in [0.5, 0.6) is 0 Å². The molecule has 0 bridgehead atoms. The molecular formula is C7H9ClN2O2S. The molecule has 0 aliphatic rings. The van der Waals surface area contributed by atoms with E-state index in [0.717, 1.165) is 0 Å². The highest BCUT2D eigenvalue weighted by molar-refractivity contribution is 7.80. The van der Waals surface area contributed by atoms with Crippen molar-refractivity contribution in [3.63, 3.8) is 0 Å². The number of hydrogen-bond acceptors (Lipinski definition) is 4. The molecule has 6 heteroatoms. The van der Waals surface area contributed by atoms with Gasteiger partial charge in [-0.1, -0.05) is 11.6 Å². The molecule has 72 valence electrons. The van der Waals surface area contributed by atoms with Gasteiger partial charge in [-0.2, -0.15) is 5.10 Å². The molecule has 1 aromatic rings. The molecule has 0 saturated heterocycles. The minimum absolute atomic E-state index is 0.117. The third-order valence-electron chi connectivity index (χ3n) is 1.45. The molecule has 1 heterocycles. The van der Waals surface area contributed by atoms with E-state index in [9.17, 15) is 4.79 Å². The third-order valence-corrected chi connectivity index (χ3v) is 2.23. The van der Waals surface area contributed by atoms with E-state index in [1.165, 1.54) is 4.68 Å². The van der Waals surface area contributed by atoms with E-state index in [-0.39, 0.29) is 10.7 Å². The number of carbonyl (C=O) groups excluding carboxylic acids is 1. The molecular weight excluding hydrogens is 212 g/mol. The summed E-state index contributed by atoms with van der Waals surface area (Å²) in [5.41, 5.74) is 0.217. The molecule has 0 aliphatic carbocycles. The van der Waals surface area contributed by atoms with Crippen molar-refractivity contribution in [1.82, 2.24) is 9.78 Å². The van der Waals surface area contributed by atoms with E-state index in [1.807, 2.05) is 0 Å². The van der Waals surface area contributed by atoms with Gasteiger partial charge in [0.2, 0.25) is 0 Å². The zero-order valence-electron chi connectivity index (χ0n) is 7.24. The summed E-state index contributed by atoms with van der Waals surface area (Å²) >= 11 is 9.78. The smallest absolute Gasteiger partial charge is 0.344 e. The quantitative estimate of drug-likeness (QED) is 0.608. The van der Waals surface area contributed by atoms with Gasteiger partial charge in [0.25, 0.3) is 0 Å². The zero-order valence-corrected chi connectivity index (χ0v) is 8.89. The van der Waals surface area contributed by atoms with Crippen LogP contribution in [0.3, 0.4) is 0 Å². The normalized spacial score (nSPS) is 10.2. The summed E-state index contributed by atoms with van der Waals surface area (Å²) in [7, 11) is 1.65. The Balaban J connectivity index is 3.06. The van der Waals surface area contributed by atoms with E-state index < -0.39 is 5.97 Å². The van der Waals surface area contributed by atoms with Crippen LogP contribution in [0.2, 0.25) is 5.15 Å². The summed E-state index contributed by atoms with van der Waals surface area (Å²) in [6.07, 6.45) is 0. The molecule has 0 aliphatic heterocycles. The second-order valence-corrected chi connectivity index (χ2v) is 3.12. The first-order valence-corrected chi connectivity index (χ1v) is 4.49. The van der Waals surface area contributed by atoms with Crippen molar-refractivity contribution in [3.8, 4) is 0 Å². The molecule has 4 nitrogen and oxygen atoms in total. The first-order valence-electron chi connectivity index (χ1n) is 3.66. The van der Waals surface area contributed by atoms with Crippen LogP contribution < -0.4 is 0 Å². The maximum atomic E-state index is 11.3. The molecule has 0 spiro atoms. The molecule has 0 atom stereocenters. The van der Waals surface area contributed by atoms with E-state index in [2.05, 4.69) is 17.7 Å². The van der Waals surface area contributed by atoms with Crippen molar-refractivity contribution in [2.75, 3.05) is 6.61 Å². The predicted octanol–water partition coefficient (Wildman–Crippen LogP) is 1.54. The molecule has 13 heavy (non-hydrogen) atoms. The van der Waals surface area contributed by atoms with Crippen LogP contribution in [0.15, 0.2) is 5.03 Å². The standard InChI is InChI=1S/C7H9ClN2O2S/c1-3-12-7(11)4-5(8)9-10(2)6(4)13/h13H,3H2,1-2H3. The van der Waals surface area contributed by atoms with Crippen molar-refractivity contribution in [2.24, 2.45) is 7.05 Å². The SMILES string of the molecule is CCOC(=O)c1c(Cl)nn(C)c1S. The maximum absolute atomic E-state index is 11.3. The lowest BCUT2D eigenvalue weighted by molar-refractivity contribution is 0.0522. The highest BCUT2D eigenvalue weighted by atomic mass is 35.5. The fourth-order valence-corrected chi connectivity index (χ4v) is 1.45. The van der Waals surface area contributed by atoms with Gasteiger partial charge in [-0.15, -0.1) is 12.6 Å². The van der Waals surface area contributed by atoms with Crippen LogP contribution in [0, 0.1) is 0 Å². The lowest BCUT2D eigenvalue weighted by Gasteiger charge is -1.99. The average molecular weight is 221 g/mol. The Kier molecular flexibility index (Phi) is 3.22. The lowest BCUT2D eigenvalue weighted by Crippen LogP contribution is -2.05. The monoisotopic (exact) mass is 220 g/mol. The van der Waals surface area contributed by atoms with Crippen LogP contribution in [-0.4, -0.2) is 22.4 Å². The molecule has 0 N–H and O–H groups in total. The Morgan fingerprint density at radius 2 is 2.38 bits per heavy atom. The highest BCUT2D eigenvalue weighted by Gasteiger charge is 2.20. The summed E-state index contributed by atoms with van der Waals surface area (Å²) in [6, 6.07) is 0. The summed E-state index contributed by atoms with van der Waals surface area (Å²) in [5, 5.41) is 4.34. The topological polar surface area (TPSA) is 44.1 Å². The van der Waals surface area contributed by atoms with Gasteiger partial charge in [0.1, 0.15) is 10.6 Å². The van der Waals surface area contributed by atoms with Gasteiger partial charge in [-0.3, -0.25) is 4.68 Å². The first kappa shape index (κ1) is 10.4. The number of nitrogens with zero attached hydrogens (tertiary/aromatic N) is 2. The van der Waals surface area contributed by atoms with Crippen LogP contribution >= 0.6 is 24.2 Å². The van der Waals surface area contributed by atoms with Gasteiger partial charge in [0, 0.05) is 7.05 Å². The van der Waals surface area contributed by atoms with Crippen molar-refractivity contribution in [3.05, 3.63) is 10.7 Å². The van der Waals surface area contributed by atoms with Crippen LogP contribution in [-0.2, 0) is 11.8 Å². The summed E-state index contributed by atoms with van der Waals surface area (Å²) < 4.78 is 6.19. The number of ether oxygens (including phenoxy) is 1. The van der Waals surface area contributed by atoms with Crippen LogP contribution in [0.1, 0.15) is 17.3 Å². The molecule has 0 saturated carbocycles. The largest absolute Gasteiger partial charge is 0.462 e. The molecule has 0 unspecified atom stereocenters. The van der Waals surface area contributed by atoms with Crippen molar-refractivity contribution in [2.45, 2.75) is 11.9 Å². The average Bonchev–Trinajstić information content (AvgIpc) is 2.27. The molecule has 0 radical (unpaired) electrons. The Bertz CT molecular complexity index is 337. The molecule has 0 amide bonds.